The maximum absolute atomic E-state index is 12.2. The Bertz CT molecular complexity index is 694. The molecule has 0 aliphatic heterocycles. The Hall–Kier alpha value is -2.08. The van der Waals surface area contributed by atoms with E-state index in [-0.39, 0.29) is 11.5 Å². The highest BCUT2D eigenvalue weighted by molar-refractivity contribution is 9.10. The van der Waals surface area contributed by atoms with Crippen LogP contribution in [0, 0.1) is 0 Å². The summed E-state index contributed by atoms with van der Waals surface area (Å²) in [7, 11) is 0. The van der Waals surface area contributed by atoms with Crippen LogP contribution in [0.4, 0.5) is 0 Å². The van der Waals surface area contributed by atoms with Crippen molar-refractivity contribution in [2.75, 3.05) is 6.54 Å². The number of amides is 1. The van der Waals surface area contributed by atoms with Crippen LogP contribution < -0.4 is 5.32 Å². The number of carbonyl (C=O) groups excluding carboxylic acids is 1. The maximum Gasteiger partial charge on any atom is 0.335 e. The van der Waals surface area contributed by atoms with Crippen molar-refractivity contribution in [3.05, 3.63) is 57.8 Å². The molecule has 0 atom stereocenters. The number of aromatic carboxylic acids is 1. The number of halogens is 1. The molecule has 0 unspecified atom stereocenters. The first-order chi connectivity index (χ1) is 10.5. The fourth-order valence-corrected chi connectivity index (χ4v) is 2.66. The summed E-state index contributed by atoms with van der Waals surface area (Å²) in [6.45, 7) is 3.14. The number of aryl methyl sites for hydroxylation is 1. The Kier molecular flexibility index (Phi) is 5.38. The third kappa shape index (κ3) is 3.98. The Morgan fingerprint density at radius 3 is 2.77 bits per heavy atom. The molecule has 0 aliphatic rings. The minimum absolute atomic E-state index is 0.137. The van der Waals surface area contributed by atoms with Gasteiger partial charge in [-0.25, -0.2) is 4.79 Å². The maximum atomic E-state index is 12.2. The number of carboxylic acid groups (broad SMARTS) is 1. The minimum atomic E-state index is -0.948. The van der Waals surface area contributed by atoms with Crippen LogP contribution in [0.15, 0.2) is 41.0 Å². The Morgan fingerprint density at radius 1 is 1.32 bits per heavy atom. The highest BCUT2D eigenvalue weighted by atomic mass is 79.9. The number of carbonyl (C=O) groups is 2. The molecule has 0 radical (unpaired) electrons. The van der Waals surface area contributed by atoms with Gasteiger partial charge in [-0.15, -0.1) is 0 Å². The third-order valence-corrected chi connectivity index (χ3v) is 3.74. The molecule has 1 heterocycles. The second kappa shape index (κ2) is 7.26. The van der Waals surface area contributed by atoms with Gasteiger partial charge in [-0.3, -0.25) is 4.79 Å². The van der Waals surface area contributed by atoms with Crippen molar-refractivity contribution in [3.8, 4) is 0 Å². The highest BCUT2D eigenvalue weighted by Crippen LogP contribution is 2.15. The van der Waals surface area contributed by atoms with Gasteiger partial charge in [0, 0.05) is 23.8 Å². The standard InChI is InChI=1S/C16H17BrN2O3/c1-2-19-10-13(17)9-14(19)15(20)18-7-6-11-4-3-5-12(8-11)16(21)22/h3-5,8-10H,2,6-7H2,1H3,(H,18,20)(H,21,22). The number of carboxylic acids is 1. The van der Waals surface area contributed by atoms with E-state index in [2.05, 4.69) is 21.2 Å². The van der Waals surface area contributed by atoms with E-state index >= 15 is 0 Å². The zero-order chi connectivity index (χ0) is 16.1. The van der Waals surface area contributed by atoms with Gasteiger partial charge in [0.2, 0.25) is 0 Å². The van der Waals surface area contributed by atoms with E-state index < -0.39 is 5.97 Å². The number of hydrogen-bond donors (Lipinski definition) is 2. The number of aromatic nitrogens is 1. The lowest BCUT2D eigenvalue weighted by Gasteiger charge is -2.08. The Morgan fingerprint density at radius 2 is 2.09 bits per heavy atom. The molecule has 5 nitrogen and oxygen atoms in total. The van der Waals surface area contributed by atoms with Gasteiger partial charge < -0.3 is 15.0 Å². The number of hydrogen-bond acceptors (Lipinski definition) is 2. The van der Waals surface area contributed by atoms with Crippen molar-refractivity contribution in [1.29, 1.82) is 0 Å². The molecule has 1 aromatic carbocycles. The molecule has 2 aromatic rings. The second-order valence-corrected chi connectivity index (χ2v) is 5.76. The summed E-state index contributed by atoms with van der Waals surface area (Å²) < 4.78 is 2.73. The number of benzene rings is 1. The molecule has 0 aliphatic carbocycles. The van der Waals surface area contributed by atoms with Gasteiger partial charge in [-0.1, -0.05) is 12.1 Å². The molecule has 0 saturated carbocycles. The van der Waals surface area contributed by atoms with Crippen molar-refractivity contribution in [3.63, 3.8) is 0 Å². The minimum Gasteiger partial charge on any atom is -0.478 e. The summed E-state index contributed by atoms with van der Waals surface area (Å²) in [6.07, 6.45) is 2.45. The molecule has 116 valence electrons. The van der Waals surface area contributed by atoms with E-state index in [1.807, 2.05) is 23.8 Å². The predicted octanol–water partition coefficient (Wildman–Crippen LogP) is 2.94. The quantitative estimate of drug-likeness (QED) is 0.827. The molecule has 0 spiro atoms. The average molecular weight is 365 g/mol. The molecule has 0 bridgehead atoms. The molecule has 0 saturated heterocycles. The van der Waals surface area contributed by atoms with Crippen LogP contribution in [-0.2, 0) is 13.0 Å². The molecule has 2 rings (SSSR count). The lowest BCUT2D eigenvalue weighted by molar-refractivity contribution is 0.0696. The van der Waals surface area contributed by atoms with Gasteiger partial charge >= 0.3 is 5.97 Å². The molecule has 0 fully saturated rings. The number of nitrogens with one attached hydrogen (secondary N) is 1. The fraction of sp³-hybridized carbons (Fsp3) is 0.250. The van der Waals surface area contributed by atoms with E-state index in [1.54, 1.807) is 24.3 Å². The topological polar surface area (TPSA) is 71.3 Å². The smallest absolute Gasteiger partial charge is 0.335 e. The average Bonchev–Trinajstić information content (AvgIpc) is 2.88. The van der Waals surface area contributed by atoms with Crippen molar-refractivity contribution in [1.82, 2.24) is 9.88 Å². The molecule has 2 N–H and O–H groups in total. The lowest BCUT2D eigenvalue weighted by Crippen LogP contribution is -2.27. The second-order valence-electron chi connectivity index (χ2n) is 4.84. The normalized spacial score (nSPS) is 10.5. The van der Waals surface area contributed by atoms with E-state index in [0.29, 0.717) is 18.7 Å². The van der Waals surface area contributed by atoms with Crippen LogP contribution in [0.1, 0.15) is 33.3 Å². The first-order valence-corrected chi connectivity index (χ1v) is 7.76. The van der Waals surface area contributed by atoms with Gasteiger partial charge in [0.05, 0.1) is 5.56 Å². The van der Waals surface area contributed by atoms with Crippen LogP contribution >= 0.6 is 15.9 Å². The molecular formula is C16H17BrN2O3. The van der Waals surface area contributed by atoms with E-state index in [0.717, 1.165) is 16.6 Å². The van der Waals surface area contributed by atoms with Gasteiger partial charge in [0.25, 0.3) is 5.91 Å². The van der Waals surface area contributed by atoms with E-state index in [9.17, 15) is 9.59 Å². The van der Waals surface area contributed by atoms with Crippen molar-refractivity contribution < 1.29 is 14.7 Å². The summed E-state index contributed by atoms with van der Waals surface area (Å²) in [6, 6.07) is 8.52. The monoisotopic (exact) mass is 364 g/mol. The summed E-state index contributed by atoms with van der Waals surface area (Å²) >= 11 is 3.36. The predicted molar refractivity (Wildman–Crippen MR) is 87.2 cm³/mol. The van der Waals surface area contributed by atoms with Gasteiger partial charge in [0.1, 0.15) is 5.69 Å². The molecular weight excluding hydrogens is 348 g/mol. The van der Waals surface area contributed by atoms with E-state index in [1.165, 1.54) is 0 Å². The summed E-state index contributed by atoms with van der Waals surface area (Å²) in [5.74, 6) is -1.08. The zero-order valence-corrected chi connectivity index (χ0v) is 13.8. The van der Waals surface area contributed by atoms with Crippen LogP contribution in [-0.4, -0.2) is 28.1 Å². The zero-order valence-electron chi connectivity index (χ0n) is 12.2. The van der Waals surface area contributed by atoms with Crippen molar-refractivity contribution in [2.45, 2.75) is 19.9 Å². The fourth-order valence-electron chi connectivity index (χ4n) is 2.20. The first kappa shape index (κ1) is 16.3. The van der Waals surface area contributed by atoms with Crippen LogP contribution in [0.2, 0.25) is 0 Å². The van der Waals surface area contributed by atoms with Crippen LogP contribution in [0.3, 0.4) is 0 Å². The van der Waals surface area contributed by atoms with Gasteiger partial charge in [-0.2, -0.15) is 0 Å². The van der Waals surface area contributed by atoms with Gasteiger partial charge in [-0.05, 0) is 53.0 Å². The largest absolute Gasteiger partial charge is 0.478 e. The molecule has 1 aromatic heterocycles. The lowest BCUT2D eigenvalue weighted by atomic mass is 10.1. The molecule has 1 amide bonds. The number of rotatable bonds is 6. The van der Waals surface area contributed by atoms with Crippen LogP contribution in [0.25, 0.3) is 0 Å². The molecule has 6 heteroatoms. The summed E-state index contributed by atoms with van der Waals surface area (Å²) in [5.41, 5.74) is 1.74. The summed E-state index contributed by atoms with van der Waals surface area (Å²) in [5, 5.41) is 11.8. The summed E-state index contributed by atoms with van der Waals surface area (Å²) in [4.78, 5) is 23.1. The Labute approximate surface area is 137 Å². The highest BCUT2D eigenvalue weighted by Gasteiger charge is 2.11. The Balaban J connectivity index is 1.94. The van der Waals surface area contributed by atoms with Crippen LogP contribution in [0.5, 0.6) is 0 Å². The number of nitrogens with zero attached hydrogens (tertiary/aromatic N) is 1. The third-order valence-electron chi connectivity index (χ3n) is 3.31. The SMILES string of the molecule is CCn1cc(Br)cc1C(=O)NCCc1cccc(C(=O)O)c1. The first-order valence-electron chi connectivity index (χ1n) is 6.97. The molecule has 22 heavy (non-hydrogen) atoms. The van der Waals surface area contributed by atoms with Crippen molar-refractivity contribution in [2.24, 2.45) is 0 Å². The van der Waals surface area contributed by atoms with Crippen molar-refractivity contribution >= 4 is 27.8 Å². The van der Waals surface area contributed by atoms with Gasteiger partial charge in [0.15, 0.2) is 0 Å². The van der Waals surface area contributed by atoms with E-state index in [4.69, 9.17) is 5.11 Å².